The van der Waals surface area contributed by atoms with Gasteiger partial charge >= 0.3 is 5.97 Å². The molecule has 17 heavy (non-hydrogen) atoms. The summed E-state index contributed by atoms with van der Waals surface area (Å²) in [4.78, 5) is 24.8. The smallest absolute Gasteiger partial charge is 0.306 e. The average Bonchev–Trinajstić information content (AvgIpc) is 2.29. The third-order valence-corrected chi connectivity index (χ3v) is 3.40. The number of rotatable bonds is 4. The Labute approximate surface area is 103 Å². The van der Waals surface area contributed by atoms with Crippen LogP contribution in [-0.4, -0.2) is 37.5 Å². The van der Waals surface area contributed by atoms with Crippen LogP contribution in [0, 0.1) is 11.8 Å². The lowest BCUT2D eigenvalue weighted by Crippen LogP contribution is -2.32. The number of hydrogen-bond acceptors (Lipinski definition) is 3. The van der Waals surface area contributed by atoms with Crippen molar-refractivity contribution in [3.05, 3.63) is 0 Å². The summed E-state index contributed by atoms with van der Waals surface area (Å²) < 4.78 is 4.94. The summed E-state index contributed by atoms with van der Waals surface area (Å²) in [7, 11) is 3.60. The second-order valence-electron chi connectivity index (χ2n) is 4.96. The first-order valence-electron chi connectivity index (χ1n) is 6.41. The van der Waals surface area contributed by atoms with Gasteiger partial charge in [-0.1, -0.05) is 0 Å². The summed E-state index contributed by atoms with van der Waals surface area (Å²) in [6.07, 6.45) is 4.24. The van der Waals surface area contributed by atoms with Crippen LogP contribution in [0.2, 0.25) is 0 Å². The molecule has 1 aliphatic carbocycles. The molecule has 0 radical (unpaired) electrons. The van der Waals surface area contributed by atoms with E-state index in [1.807, 2.05) is 6.92 Å². The van der Waals surface area contributed by atoms with E-state index in [1.54, 1.807) is 19.0 Å². The lowest BCUT2D eigenvalue weighted by Gasteiger charge is -2.28. The highest BCUT2D eigenvalue weighted by atomic mass is 16.5. The minimum absolute atomic E-state index is 0.102. The Kier molecular flexibility index (Phi) is 5.45. The van der Waals surface area contributed by atoms with E-state index in [4.69, 9.17) is 4.74 Å². The lowest BCUT2D eigenvalue weighted by molar-refractivity contribution is -0.144. The van der Waals surface area contributed by atoms with Crippen molar-refractivity contribution >= 4 is 11.9 Å². The highest BCUT2D eigenvalue weighted by Crippen LogP contribution is 2.31. The van der Waals surface area contributed by atoms with Gasteiger partial charge in [0.25, 0.3) is 0 Å². The zero-order valence-electron chi connectivity index (χ0n) is 11.1. The highest BCUT2D eigenvalue weighted by molar-refractivity contribution is 5.78. The standard InChI is InChI=1S/C13H23NO3/c1-4-17-12(15)9-10-5-7-11(8-6-10)13(16)14(2)3/h10-11H,4-9H2,1-3H3. The first-order chi connectivity index (χ1) is 8.04. The molecule has 1 fully saturated rings. The Morgan fingerprint density at radius 3 is 2.24 bits per heavy atom. The molecule has 1 amide bonds. The summed E-state index contributed by atoms with van der Waals surface area (Å²) in [6.45, 7) is 2.28. The molecule has 0 spiro atoms. The molecule has 0 aromatic heterocycles. The maximum atomic E-state index is 11.8. The summed E-state index contributed by atoms with van der Waals surface area (Å²) in [6, 6.07) is 0. The fourth-order valence-corrected chi connectivity index (χ4v) is 2.43. The number of carbonyl (C=O) groups is 2. The van der Waals surface area contributed by atoms with Gasteiger partial charge in [-0.25, -0.2) is 0 Å². The van der Waals surface area contributed by atoms with Crippen molar-refractivity contribution in [3.63, 3.8) is 0 Å². The van der Waals surface area contributed by atoms with E-state index >= 15 is 0 Å². The zero-order chi connectivity index (χ0) is 12.8. The first-order valence-corrected chi connectivity index (χ1v) is 6.41. The summed E-state index contributed by atoms with van der Waals surface area (Å²) in [5.41, 5.74) is 0. The second-order valence-corrected chi connectivity index (χ2v) is 4.96. The molecule has 1 rings (SSSR count). The van der Waals surface area contributed by atoms with Gasteiger partial charge in [0, 0.05) is 26.4 Å². The van der Waals surface area contributed by atoms with Crippen LogP contribution in [0.1, 0.15) is 39.0 Å². The van der Waals surface area contributed by atoms with Crippen molar-refractivity contribution < 1.29 is 14.3 Å². The predicted molar refractivity (Wildman–Crippen MR) is 65.4 cm³/mol. The summed E-state index contributed by atoms with van der Waals surface area (Å²) in [5, 5.41) is 0. The Morgan fingerprint density at radius 1 is 1.18 bits per heavy atom. The average molecular weight is 241 g/mol. The van der Waals surface area contributed by atoms with Crippen molar-refractivity contribution in [2.24, 2.45) is 11.8 Å². The molecule has 4 nitrogen and oxygen atoms in total. The van der Waals surface area contributed by atoms with Crippen molar-refractivity contribution in [2.45, 2.75) is 39.0 Å². The Bertz CT molecular complexity index is 268. The van der Waals surface area contributed by atoms with Crippen LogP contribution in [0.5, 0.6) is 0 Å². The Morgan fingerprint density at radius 2 is 1.76 bits per heavy atom. The summed E-state index contributed by atoms with van der Waals surface area (Å²) in [5.74, 6) is 0.679. The molecule has 0 heterocycles. The summed E-state index contributed by atoms with van der Waals surface area (Å²) >= 11 is 0. The number of ether oxygens (including phenoxy) is 1. The predicted octanol–water partition coefficient (Wildman–Crippen LogP) is 1.83. The molecule has 1 aliphatic rings. The molecule has 0 aromatic carbocycles. The molecule has 0 bridgehead atoms. The molecule has 98 valence electrons. The van der Waals surface area contributed by atoms with Crippen molar-refractivity contribution in [1.29, 1.82) is 0 Å². The monoisotopic (exact) mass is 241 g/mol. The minimum atomic E-state index is -0.102. The zero-order valence-corrected chi connectivity index (χ0v) is 11.1. The van der Waals surface area contributed by atoms with E-state index in [0.29, 0.717) is 18.9 Å². The SMILES string of the molecule is CCOC(=O)CC1CCC(C(=O)N(C)C)CC1. The Balaban J connectivity index is 2.31. The third kappa shape index (κ3) is 4.36. The van der Waals surface area contributed by atoms with E-state index < -0.39 is 0 Å². The van der Waals surface area contributed by atoms with Gasteiger partial charge in [0.05, 0.1) is 6.61 Å². The van der Waals surface area contributed by atoms with Crippen molar-refractivity contribution in [3.8, 4) is 0 Å². The number of amides is 1. The molecule has 4 heteroatoms. The molecule has 1 saturated carbocycles. The van der Waals surface area contributed by atoms with Gasteiger partial charge in [-0.3, -0.25) is 9.59 Å². The van der Waals surface area contributed by atoms with Crippen molar-refractivity contribution in [1.82, 2.24) is 4.90 Å². The van der Waals surface area contributed by atoms with Gasteiger partial charge in [0.2, 0.25) is 5.91 Å². The normalized spacial score (nSPS) is 24.2. The Hall–Kier alpha value is -1.06. The van der Waals surface area contributed by atoms with Gasteiger partial charge in [0.15, 0.2) is 0 Å². The molecule has 0 atom stereocenters. The fraction of sp³-hybridized carbons (Fsp3) is 0.846. The molecular formula is C13H23NO3. The van der Waals surface area contributed by atoms with Crippen LogP contribution in [0.3, 0.4) is 0 Å². The topological polar surface area (TPSA) is 46.6 Å². The van der Waals surface area contributed by atoms with Gasteiger partial charge in [-0.2, -0.15) is 0 Å². The van der Waals surface area contributed by atoms with Crippen LogP contribution < -0.4 is 0 Å². The molecule has 0 aromatic rings. The molecule has 0 aliphatic heterocycles. The fourth-order valence-electron chi connectivity index (χ4n) is 2.43. The molecule has 0 unspecified atom stereocenters. The maximum absolute atomic E-state index is 11.8. The highest BCUT2D eigenvalue weighted by Gasteiger charge is 2.28. The van der Waals surface area contributed by atoms with E-state index in [2.05, 4.69) is 0 Å². The maximum Gasteiger partial charge on any atom is 0.306 e. The largest absolute Gasteiger partial charge is 0.466 e. The van der Waals surface area contributed by atoms with E-state index in [1.165, 1.54) is 0 Å². The van der Waals surface area contributed by atoms with E-state index in [-0.39, 0.29) is 17.8 Å². The van der Waals surface area contributed by atoms with Gasteiger partial charge < -0.3 is 9.64 Å². The van der Waals surface area contributed by atoms with Crippen LogP contribution in [0.4, 0.5) is 0 Å². The first kappa shape index (κ1) is 14.0. The molecule has 0 saturated heterocycles. The number of carbonyl (C=O) groups excluding carboxylic acids is 2. The van der Waals surface area contributed by atoms with Crippen LogP contribution >= 0.6 is 0 Å². The number of nitrogens with zero attached hydrogens (tertiary/aromatic N) is 1. The van der Waals surface area contributed by atoms with E-state index in [9.17, 15) is 9.59 Å². The molecular weight excluding hydrogens is 218 g/mol. The van der Waals surface area contributed by atoms with E-state index in [0.717, 1.165) is 25.7 Å². The quantitative estimate of drug-likeness (QED) is 0.705. The van der Waals surface area contributed by atoms with Crippen LogP contribution in [-0.2, 0) is 14.3 Å². The van der Waals surface area contributed by atoms with Crippen molar-refractivity contribution in [2.75, 3.05) is 20.7 Å². The van der Waals surface area contributed by atoms with Crippen LogP contribution in [0.15, 0.2) is 0 Å². The lowest BCUT2D eigenvalue weighted by atomic mass is 9.80. The number of hydrogen-bond donors (Lipinski definition) is 0. The third-order valence-electron chi connectivity index (χ3n) is 3.40. The van der Waals surface area contributed by atoms with Crippen LogP contribution in [0.25, 0.3) is 0 Å². The van der Waals surface area contributed by atoms with Gasteiger partial charge in [-0.05, 0) is 38.5 Å². The van der Waals surface area contributed by atoms with Gasteiger partial charge in [-0.15, -0.1) is 0 Å². The minimum Gasteiger partial charge on any atom is -0.466 e. The second kappa shape index (κ2) is 6.62. The molecule has 0 N–H and O–H groups in total. The number of esters is 1. The van der Waals surface area contributed by atoms with Gasteiger partial charge in [0.1, 0.15) is 0 Å².